The normalized spacial score (nSPS) is 32.0. The molecule has 0 aliphatic heterocycles. The van der Waals surface area contributed by atoms with Crippen LogP contribution in [-0.2, 0) is 4.74 Å². The summed E-state index contributed by atoms with van der Waals surface area (Å²) in [5.41, 5.74) is 5.85. The molecule has 0 unspecified atom stereocenters. The molecule has 2 N–H and O–H groups in total. The van der Waals surface area contributed by atoms with Crippen molar-refractivity contribution in [1.82, 2.24) is 0 Å². The maximum Gasteiger partial charge on any atom is 0.0602 e. The van der Waals surface area contributed by atoms with Gasteiger partial charge >= 0.3 is 0 Å². The Labute approximate surface area is 75.5 Å². The van der Waals surface area contributed by atoms with Crippen LogP contribution >= 0.6 is 0 Å². The standard InChI is InChI=1S/C10H21NO/c1-10(2,3)12-9-6-4-5-8(11)7-9/h8-9H,4-7,11H2,1-3H3/t8-,9+/m1/s1. The Hall–Kier alpha value is -0.0800. The Morgan fingerprint density at radius 2 is 1.92 bits per heavy atom. The lowest BCUT2D eigenvalue weighted by atomic mass is 9.93. The summed E-state index contributed by atoms with van der Waals surface area (Å²) >= 11 is 0. The highest BCUT2D eigenvalue weighted by Crippen LogP contribution is 2.23. The fourth-order valence-corrected chi connectivity index (χ4v) is 1.79. The first-order valence-corrected chi connectivity index (χ1v) is 4.91. The third-order valence-corrected chi connectivity index (χ3v) is 2.19. The van der Waals surface area contributed by atoms with Gasteiger partial charge < -0.3 is 10.5 Å². The summed E-state index contributed by atoms with van der Waals surface area (Å²) in [6.07, 6.45) is 5.02. The predicted molar refractivity (Wildman–Crippen MR) is 51.1 cm³/mol. The average molecular weight is 171 g/mol. The van der Waals surface area contributed by atoms with Crippen LogP contribution in [0.1, 0.15) is 46.5 Å². The monoisotopic (exact) mass is 171 g/mol. The summed E-state index contributed by atoms with van der Waals surface area (Å²) in [6.45, 7) is 6.31. The van der Waals surface area contributed by atoms with E-state index in [-0.39, 0.29) is 5.60 Å². The zero-order valence-corrected chi connectivity index (χ0v) is 8.47. The highest BCUT2D eigenvalue weighted by Gasteiger charge is 2.24. The quantitative estimate of drug-likeness (QED) is 0.655. The van der Waals surface area contributed by atoms with E-state index >= 15 is 0 Å². The molecule has 0 spiro atoms. The van der Waals surface area contributed by atoms with Crippen LogP contribution in [0, 0.1) is 0 Å². The van der Waals surface area contributed by atoms with E-state index in [1.54, 1.807) is 0 Å². The van der Waals surface area contributed by atoms with Crippen molar-refractivity contribution in [3.8, 4) is 0 Å². The van der Waals surface area contributed by atoms with E-state index in [9.17, 15) is 0 Å². The largest absolute Gasteiger partial charge is 0.373 e. The summed E-state index contributed by atoms with van der Waals surface area (Å²) in [7, 11) is 0. The summed E-state index contributed by atoms with van der Waals surface area (Å²) in [4.78, 5) is 0. The molecule has 1 rings (SSSR count). The minimum absolute atomic E-state index is 0.0122. The fraction of sp³-hybridized carbons (Fsp3) is 1.00. The molecule has 0 aromatic heterocycles. The molecule has 0 saturated heterocycles. The second-order valence-electron chi connectivity index (χ2n) is 4.78. The van der Waals surface area contributed by atoms with Crippen molar-refractivity contribution in [2.24, 2.45) is 5.73 Å². The summed E-state index contributed by atoms with van der Waals surface area (Å²) in [6, 6.07) is 0.367. The molecule has 0 aromatic carbocycles. The first kappa shape index (κ1) is 10.0. The van der Waals surface area contributed by atoms with Gasteiger partial charge in [-0.05, 0) is 46.5 Å². The van der Waals surface area contributed by atoms with Gasteiger partial charge in [0.2, 0.25) is 0 Å². The molecule has 2 atom stereocenters. The molecule has 2 nitrogen and oxygen atoms in total. The van der Waals surface area contributed by atoms with Gasteiger partial charge in [0.1, 0.15) is 0 Å². The lowest BCUT2D eigenvalue weighted by molar-refractivity contribution is -0.0757. The van der Waals surface area contributed by atoms with Gasteiger partial charge in [0, 0.05) is 6.04 Å². The van der Waals surface area contributed by atoms with Crippen LogP contribution in [0.25, 0.3) is 0 Å². The van der Waals surface area contributed by atoms with Crippen LogP contribution in [0.4, 0.5) is 0 Å². The van der Waals surface area contributed by atoms with E-state index in [0.29, 0.717) is 12.1 Å². The first-order chi connectivity index (χ1) is 5.47. The van der Waals surface area contributed by atoms with Gasteiger partial charge in [-0.3, -0.25) is 0 Å². The zero-order valence-electron chi connectivity index (χ0n) is 8.47. The molecule has 12 heavy (non-hydrogen) atoms. The molecule has 0 aromatic rings. The molecule has 72 valence electrons. The van der Waals surface area contributed by atoms with Crippen LogP contribution in [-0.4, -0.2) is 17.7 Å². The Kier molecular flexibility index (Phi) is 3.13. The molecule has 0 bridgehead atoms. The minimum Gasteiger partial charge on any atom is -0.373 e. The SMILES string of the molecule is CC(C)(C)O[C@H]1CCC[C@@H](N)C1. The number of hydrogen-bond donors (Lipinski definition) is 1. The topological polar surface area (TPSA) is 35.2 Å². The van der Waals surface area contributed by atoms with Crippen molar-refractivity contribution >= 4 is 0 Å². The highest BCUT2D eigenvalue weighted by molar-refractivity contribution is 4.77. The zero-order chi connectivity index (χ0) is 9.19. The number of ether oxygens (including phenoxy) is 1. The number of nitrogens with two attached hydrogens (primary N) is 1. The lowest BCUT2D eigenvalue weighted by Crippen LogP contribution is -2.36. The molecule has 0 radical (unpaired) electrons. The Morgan fingerprint density at radius 3 is 2.42 bits per heavy atom. The van der Waals surface area contributed by atoms with Crippen LogP contribution in [0.3, 0.4) is 0 Å². The van der Waals surface area contributed by atoms with Gasteiger partial charge in [-0.15, -0.1) is 0 Å². The molecule has 1 aliphatic carbocycles. The van der Waals surface area contributed by atoms with Crippen molar-refractivity contribution in [1.29, 1.82) is 0 Å². The smallest absolute Gasteiger partial charge is 0.0602 e. The van der Waals surface area contributed by atoms with E-state index in [1.807, 2.05) is 0 Å². The van der Waals surface area contributed by atoms with Gasteiger partial charge in [-0.2, -0.15) is 0 Å². The maximum absolute atomic E-state index is 5.87. The molecule has 1 saturated carbocycles. The molecule has 2 heteroatoms. The van der Waals surface area contributed by atoms with Crippen molar-refractivity contribution in [2.45, 2.75) is 64.2 Å². The van der Waals surface area contributed by atoms with Gasteiger partial charge in [0.25, 0.3) is 0 Å². The van der Waals surface area contributed by atoms with Gasteiger partial charge in [-0.25, -0.2) is 0 Å². The number of hydrogen-bond acceptors (Lipinski definition) is 2. The molecular weight excluding hydrogens is 150 g/mol. The van der Waals surface area contributed by atoms with E-state index in [2.05, 4.69) is 20.8 Å². The van der Waals surface area contributed by atoms with Crippen molar-refractivity contribution in [3.05, 3.63) is 0 Å². The third-order valence-electron chi connectivity index (χ3n) is 2.19. The second-order valence-corrected chi connectivity index (χ2v) is 4.78. The predicted octanol–water partition coefficient (Wildman–Crippen LogP) is 2.07. The average Bonchev–Trinajstić information content (AvgIpc) is 1.82. The molecule has 1 fully saturated rings. The van der Waals surface area contributed by atoms with Crippen LogP contribution in [0.2, 0.25) is 0 Å². The van der Waals surface area contributed by atoms with Crippen LogP contribution < -0.4 is 5.73 Å². The van der Waals surface area contributed by atoms with Gasteiger partial charge in [0.05, 0.1) is 11.7 Å². The summed E-state index contributed by atoms with van der Waals surface area (Å²) < 4.78 is 5.87. The van der Waals surface area contributed by atoms with E-state index < -0.39 is 0 Å². The fourth-order valence-electron chi connectivity index (χ4n) is 1.79. The third kappa shape index (κ3) is 3.55. The number of rotatable bonds is 1. The van der Waals surface area contributed by atoms with Crippen LogP contribution in [0.15, 0.2) is 0 Å². The second kappa shape index (κ2) is 3.75. The lowest BCUT2D eigenvalue weighted by Gasteiger charge is -2.32. The Morgan fingerprint density at radius 1 is 1.25 bits per heavy atom. The molecule has 0 amide bonds. The Bertz CT molecular complexity index is 139. The van der Waals surface area contributed by atoms with Crippen molar-refractivity contribution in [2.75, 3.05) is 0 Å². The maximum atomic E-state index is 5.87. The first-order valence-electron chi connectivity index (χ1n) is 4.91. The minimum atomic E-state index is -0.0122. The van der Waals surface area contributed by atoms with Gasteiger partial charge in [-0.1, -0.05) is 0 Å². The van der Waals surface area contributed by atoms with Gasteiger partial charge in [0.15, 0.2) is 0 Å². The summed E-state index contributed by atoms with van der Waals surface area (Å²) in [5, 5.41) is 0. The summed E-state index contributed by atoms with van der Waals surface area (Å²) in [5.74, 6) is 0. The molecule has 0 heterocycles. The van der Waals surface area contributed by atoms with E-state index in [0.717, 1.165) is 6.42 Å². The van der Waals surface area contributed by atoms with Crippen molar-refractivity contribution in [3.63, 3.8) is 0 Å². The van der Waals surface area contributed by atoms with E-state index in [1.165, 1.54) is 19.3 Å². The van der Waals surface area contributed by atoms with Crippen molar-refractivity contribution < 1.29 is 4.74 Å². The highest BCUT2D eigenvalue weighted by atomic mass is 16.5. The molecule has 1 aliphatic rings. The van der Waals surface area contributed by atoms with Crippen LogP contribution in [0.5, 0.6) is 0 Å². The van der Waals surface area contributed by atoms with E-state index in [4.69, 9.17) is 10.5 Å². The Balaban J connectivity index is 2.32. The molecular formula is C10H21NO.